The summed E-state index contributed by atoms with van der Waals surface area (Å²) in [6.07, 6.45) is 11.8. The Morgan fingerprint density at radius 1 is 0.621 bits per heavy atom. The summed E-state index contributed by atoms with van der Waals surface area (Å²) in [5.41, 5.74) is 0. The Kier molecular flexibility index (Phi) is 23.6. The van der Waals surface area contributed by atoms with Gasteiger partial charge in [-0.2, -0.15) is 0 Å². The van der Waals surface area contributed by atoms with E-state index in [9.17, 15) is 19.2 Å². The minimum absolute atomic E-state index is 0.149. The van der Waals surface area contributed by atoms with Crippen LogP contribution in [0.4, 0.5) is 0 Å². The van der Waals surface area contributed by atoms with Gasteiger partial charge in [-0.1, -0.05) is 56.0 Å². The van der Waals surface area contributed by atoms with Gasteiger partial charge in [-0.25, -0.2) is 9.59 Å². The number of carbonyl (C=O) groups is 4. The fourth-order valence-electron chi connectivity index (χ4n) is 7.55. The number of ether oxygens (including phenoxy) is 8. The summed E-state index contributed by atoms with van der Waals surface area (Å²) in [6.45, 7) is 12.6. The molecule has 320 valence electrons. The van der Waals surface area contributed by atoms with Crippen LogP contribution in [0.1, 0.15) is 78.1 Å². The van der Waals surface area contributed by atoms with Crippen molar-refractivity contribution in [3.8, 4) is 11.5 Å². The number of benzene rings is 2. The maximum absolute atomic E-state index is 11.8. The number of hydrogen-bond donors (Lipinski definition) is 0. The standard InChI is InChI=1S/2C18H24O6.C10H16/c2*1-3-17(19)22-12-8-11-18(20)24-16(13-21-4-2)14-23-15-9-6-5-7-10-15;1-2-9-7-4-5-8(6-7)10(9)3-1/h2*3,5-7,9-10,16H,1,4,8,11-14H2,2H3;7-10H,1-6H2. The van der Waals surface area contributed by atoms with E-state index in [0.717, 1.165) is 12.2 Å². The molecular weight excluding hydrogens is 744 g/mol. The summed E-state index contributed by atoms with van der Waals surface area (Å²) in [5, 5.41) is 0. The number of para-hydroxylation sites is 2. The molecule has 0 spiro atoms. The van der Waals surface area contributed by atoms with Crippen LogP contribution >= 0.6 is 0 Å². The van der Waals surface area contributed by atoms with E-state index in [4.69, 9.17) is 37.9 Å². The molecule has 2 aromatic carbocycles. The monoisotopic (exact) mass is 808 g/mol. The highest BCUT2D eigenvalue weighted by atomic mass is 16.6. The van der Waals surface area contributed by atoms with E-state index < -0.39 is 24.1 Å². The van der Waals surface area contributed by atoms with Gasteiger partial charge in [0, 0.05) is 38.2 Å². The second-order valence-electron chi connectivity index (χ2n) is 14.3. The number of esters is 4. The number of rotatable bonds is 24. The molecule has 3 aliphatic carbocycles. The first-order chi connectivity index (χ1) is 28.3. The third kappa shape index (κ3) is 19.2. The molecule has 0 aliphatic heterocycles. The highest BCUT2D eigenvalue weighted by Crippen LogP contribution is 2.58. The Balaban J connectivity index is 0.000000249. The van der Waals surface area contributed by atoms with Gasteiger partial charge in [-0.05, 0) is 107 Å². The Hall–Kier alpha value is -4.68. The second-order valence-corrected chi connectivity index (χ2v) is 14.3. The SMILES string of the molecule is C1CC2C3CCC(C3)C2C1.C=CC(=O)OCCCC(=O)OC(COCC)COc1ccccc1.C=CC(=O)OCCCC(=O)OC(COCC)COc1ccccc1. The quantitative estimate of drug-likeness (QED) is 0.0441. The van der Waals surface area contributed by atoms with Crippen LogP contribution in [0, 0.1) is 23.7 Å². The maximum atomic E-state index is 11.8. The zero-order valence-electron chi connectivity index (χ0n) is 34.4. The normalized spacial score (nSPS) is 19.3. The molecule has 0 amide bonds. The van der Waals surface area contributed by atoms with Gasteiger partial charge in [0.2, 0.25) is 0 Å². The summed E-state index contributed by atoms with van der Waals surface area (Å²) in [5.74, 6) is 4.42. The van der Waals surface area contributed by atoms with Crippen LogP contribution in [0.2, 0.25) is 0 Å². The smallest absolute Gasteiger partial charge is 0.330 e. The molecule has 3 aliphatic rings. The molecule has 0 saturated heterocycles. The summed E-state index contributed by atoms with van der Waals surface area (Å²) in [7, 11) is 0. The van der Waals surface area contributed by atoms with Crippen LogP contribution in [-0.2, 0) is 47.6 Å². The van der Waals surface area contributed by atoms with Crippen molar-refractivity contribution in [2.75, 3.05) is 52.9 Å². The van der Waals surface area contributed by atoms with Gasteiger partial charge in [-0.3, -0.25) is 9.59 Å². The first-order valence-corrected chi connectivity index (χ1v) is 20.7. The average molecular weight is 809 g/mol. The lowest BCUT2D eigenvalue weighted by Gasteiger charge is -2.23. The van der Waals surface area contributed by atoms with Gasteiger partial charge in [0.15, 0.2) is 12.2 Å². The molecule has 2 aromatic rings. The fraction of sp³-hybridized carbons (Fsp3) is 0.565. The van der Waals surface area contributed by atoms with E-state index in [1.807, 2.05) is 74.5 Å². The molecule has 12 heteroatoms. The van der Waals surface area contributed by atoms with E-state index in [-0.39, 0.29) is 64.4 Å². The Morgan fingerprint density at radius 3 is 1.41 bits per heavy atom. The van der Waals surface area contributed by atoms with E-state index in [0.29, 0.717) is 37.6 Å². The molecule has 3 saturated carbocycles. The average Bonchev–Trinajstić information content (AvgIpc) is 4.02. The molecule has 2 bridgehead atoms. The van der Waals surface area contributed by atoms with Crippen molar-refractivity contribution in [2.24, 2.45) is 23.7 Å². The minimum Gasteiger partial charge on any atom is -0.490 e. The van der Waals surface area contributed by atoms with Crippen LogP contribution in [0.25, 0.3) is 0 Å². The van der Waals surface area contributed by atoms with Gasteiger partial charge in [0.05, 0.1) is 26.4 Å². The molecule has 3 fully saturated rings. The van der Waals surface area contributed by atoms with E-state index in [1.165, 1.54) is 23.7 Å². The molecule has 0 radical (unpaired) electrons. The van der Waals surface area contributed by atoms with Crippen LogP contribution in [0.15, 0.2) is 86.0 Å². The highest BCUT2D eigenvalue weighted by Gasteiger charge is 2.48. The minimum atomic E-state index is -0.506. The lowest BCUT2D eigenvalue weighted by molar-refractivity contribution is -0.155. The Bertz CT molecular complexity index is 1370. The predicted octanol–water partition coefficient (Wildman–Crippen LogP) is 7.88. The summed E-state index contributed by atoms with van der Waals surface area (Å²) in [6, 6.07) is 18.6. The molecular formula is C46H64O12. The lowest BCUT2D eigenvalue weighted by Crippen LogP contribution is -2.30. The van der Waals surface area contributed by atoms with Gasteiger partial charge in [0.25, 0.3) is 0 Å². The third-order valence-electron chi connectivity index (χ3n) is 10.2. The summed E-state index contributed by atoms with van der Waals surface area (Å²) in [4.78, 5) is 45.5. The van der Waals surface area contributed by atoms with Gasteiger partial charge < -0.3 is 37.9 Å². The first kappa shape index (κ1) is 47.7. The van der Waals surface area contributed by atoms with Crippen molar-refractivity contribution >= 4 is 23.9 Å². The number of hydrogen-bond acceptors (Lipinski definition) is 12. The van der Waals surface area contributed by atoms with Crippen molar-refractivity contribution in [2.45, 2.75) is 90.3 Å². The summed E-state index contributed by atoms with van der Waals surface area (Å²) >= 11 is 0. The zero-order chi connectivity index (χ0) is 41.8. The molecule has 12 nitrogen and oxygen atoms in total. The number of carbonyl (C=O) groups excluding carboxylic acids is 4. The van der Waals surface area contributed by atoms with Crippen molar-refractivity contribution < 1.29 is 57.1 Å². The largest absolute Gasteiger partial charge is 0.490 e. The van der Waals surface area contributed by atoms with Crippen molar-refractivity contribution in [1.29, 1.82) is 0 Å². The summed E-state index contributed by atoms with van der Waals surface area (Å²) < 4.78 is 42.2. The second kappa shape index (κ2) is 28.7. The fourth-order valence-corrected chi connectivity index (χ4v) is 7.55. The number of fused-ring (bicyclic) bond motifs is 5. The van der Waals surface area contributed by atoms with E-state index in [2.05, 4.69) is 13.2 Å². The topological polar surface area (TPSA) is 142 Å². The van der Waals surface area contributed by atoms with Crippen LogP contribution < -0.4 is 9.47 Å². The Labute approximate surface area is 344 Å². The predicted molar refractivity (Wildman–Crippen MR) is 219 cm³/mol. The first-order valence-electron chi connectivity index (χ1n) is 20.7. The van der Waals surface area contributed by atoms with Crippen LogP contribution in [0.5, 0.6) is 11.5 Å². The van der Waals surface area contributed by atoms with E-state index >= 15 is 0 Å². The molecule has 5 rings (SSSR count). The van der Waals surface area contributed by atoms with E-state index in [1.54, 1.807) is 38.5 Å². The molecule has 0 aromatic heterocycles. The van der Waals surface area contributed by atoms with Gasteiger partial charge in [-0.15, -0.1) is 0 Å². The Morgan fingerprint density at radius 2 is 1.03 bits per heavy atom. The maximum Gasteiger partial charge on any atom is 0.330 e. The van der Waals surface area contributed by atoms with Gasteiger partial charge in [0.1, 0.15) is 24.7 Å². The molecule has 0 heterocycles. The molecule has 58 heavy (non-hydrogen) atoms. The van der Waals surface area contributed by atoms with Crippen molar-refractivity contribution in [1.82, 2.24) is 0 Å². The van der Waals surface area contributed by atoms with Crippen LogP contribution in [-0.4, -0.2) is 88.9 Å². The highest BCUT2D eigenvalue weighted by molar-refractivity contribution is 5.81. The van der Waals surface area contributed by atoms with Crippen LogP contribution in [0.3, 0.4) is 0 Å². The van der Waals surface area contributed by atoms with Gasteiger partial charge >= 0.3 is 23.9 Å². The molecule has 0 N–H and O–H groups in total. The van der Waals surface area contributed by atoms with Crippen molar-refractivity contribution in [3.05, 3.63) is 86.0 Å². The third-order valence-corrected chi connectivity index (χ3v) is 10.2. The molecule has 6 atom stereocenters. The lowest BCUT2D eigenvalue weighted by atomic mass is 9.82. The van der Waals surface area contributed by atoms with Crippen molar-refractivity contribution in [3.63, 3.8) is 0 Å². The molecule has 6 unspecified atom stereocenters. The zero-order valence-corrected chi connectivity index (χ0v) is 34.4.